The molecule has 1 saturated carbocycles. The average molecular weight is 266 g/mol. The second-order valence-corrected chi connectivity index (χ2v) is 6.83. The van der Waals surface area contributed by atoms with Gasteiger partial charge in [-0.1, -0.05) is 32.8 Å². The summed E-state index contributed by atoms with van der Waals surface area (Å²) in [4.78, 5) is 13.3. The summed E-state index contributed by atoms with van der Waals surface area (Å²) < 4.78 is 0. The fourth-order valence-electron chi connectivity index (χ4n) is 3.03. The fourth-order valence-corrected chi connectivity index (χ4v) is 3.68. The van der Waals surface area contributed by atoms with Gasteiger partial charge in [0.25, 0.3) is 0 Å². The van der Waals surface area contributed by atoms with Crippen LogP contribution in [0.1, 0.15) is 44.4 Å². The van der Waals surface area contributed by atoms with Gasteiger partial charge in [0.2, 0.25) is 5.91 Å². The van der Waals surface area contributed by atoms with Crippen molar-refractivity contribution in [2.45, 2.75) is 51.6 Å². The van der Waals surface area contributed by atoms with E-state index in [1.165, 1.54) is 11.3 Å². The molecule has 2 rings (SSSR count). The fraction of sp³-hybridized carbons (Fsp3) is 0.643. The van der Waals surface area contributed by atoms with E-state index in [0.717, 1.165) is 25.8 Å². The molecule has 0 aliphatic heterocycles. The van der Waals surface area contributed by atoms with Gasteiger partial charge >= 0.3 is 0 Å². The molecule has 100 valence electrons. The smallest absolute Gasteiger partial charge is 0.238 e. The van der Waals surface area contributed by atoms with Gasteiger partial charge in [0.1, 0.15) is 5.54 Å². The number of thiophene rings is 1. The van der Waals surface area contributed by atoms with Gasteiger partial charge in [-0.15, -0.1) is 11.3 Å². The van der Waals surface area contributed by atoms with Gasteiger partial charge in [0.15, 0.2) is 0 Å². The Balaban J connectivity index is 2.18. The number of nitrogens with two attached hydrogens (primary N) is 1. The maximum absolute atomic E-state index is 12.0. The lowest BCUT2D eigenvalue weighted by Crippen LogP contribution is -2.65. The first-order chi connectivity index (χ1) is 8.48. The third-order valence-electron chi connectivity index (χ3n) is 4.32. The highest BCUT2D eigenvalue weighted by Gasteiger charge is 2.50. The summed E-state index contributed by atoms with van der Waals surface area (Å²) in [5, 5.41) is 5.52. The minimum atomic E-state index is -0.560. The molecule has 0 bridgehead atoms. The van der Waals surface area contributed by atoms with Crippen LogP contribution in [0.3, 0.4) is 0 Å². The van der Waals surface area contributed by atoms with Crippen LogP contribution < -0.4 is 11.1 Å². The molecule has 3 N–H and O–H groups in total. The minimum absolute atomic E-state index is 0.0751. The number of rotatable bonds is 4. The van der Waals surface area contributed by atoms with Crippen LogP contribution >= 0.6 is 11.3 Å². The number of primary amides is 1. The molecule has 0 saturated heterocycles. The summed E-state index contributed by atoms with van der Waals surface area (Å²) >= 11 is 1.71. The van der Waals surface area contributed by atoms with Crippen molar-refractivity contribution in [1.82, 2.24) is 5.32 Å². The first-order valence-corrected chi connectivity index (χ1v) is 7.43. The maximum atomic E-state index is 12.0. The third kappa shape index (κ3) is 2.31. The number of hydrogen-bond donors (Lipinski definition) is 2. The molecular weight excluding hydrogens is 244 g/mol. The van der Waals surface area contributed by atoms with Crippen LogP contribution in [0.2, 0.25) is 0 Å². The Morgan fingerprint density at radius 1 is 1.44 bits per heavy atom. The first-order valence-electron chi connectivity index (χ1n) is 6.55. The standard InChI is InChI=1S/C14H22N2OS/c1-13(2)7-3-4-8-14(13,12(15)17)16-10-11-6-5-9-18-11/h5-6,9,16H,3-4,7-8,10H2,1-2H3,(H2,15,17). The Kier molecular flexibility index (Phi) is 3.78. The summed E-state index contributed by atoms with van der Waals surface area (Å²) in [5.41, 5.74) is 5.08. The van der Waals surface area contributed by atoms with Crippen LogP contribution in [-0.4, -0.2) is 11.4 Å². The molecule has 0 radical (unpaired) electrons. The maximum Gasteiger partial charge on any atom is 0.238 e. The number of hydrogen-bond acceptors (Lipinski definition) is 3. The lowest BCUT2D eigenvalue weighted by Gasteiger charge is -2.48. The Bertz CT molecular complexity index is 413. The van der Waals surface area contributed by atoms with E-state index in [1.807, 2.05) is 6.07 Å². The Morgan fingerprint density at radius 3 is 2.72 bits per heavy atom. The van der Waals surface area contributed by atoms with E-state index in [0.29, 0.717) is 0 Å². The normalized spacial score (nSPS) is 27.0. The zero-order chi connectivity index (χ0) is 13.2. The van der Waals surface area contributed by atoms with Gasteiger partial charge in [0, 0.05) is 11.4 Å². The molecular formula is C14H22N2OS. The second kappa shape index (κ2) is 5.02. The zero-order valence-corrected chi connectivity index (χ0v) is 12.0. The highest BCUT2D eigenvalue weighted by atomic mass is 32.1. The Morgan fingerprint density at radius 2 is 2.17 bits per heavy atom. The lowest BCUT2D eigenvalue weighted by atomic mass is 9.62. The van der Waals surface area contributed by atoms with Gasteiger partial charge in [-0.2, -0.15) is 0 Å². The number of carbonyl (C=O) groups excluding carboxylic acids is 1. The van der Waals surface area contributed by atoms with Crippen LogP contribution in [-0.2, 0) is 11.3 Å². The van der Waals surface area contributed by atoms with E-state index in [-0.39, 0.29) is 11.3 Å². The quantitative estimate of drug-likeness (QED) is 0.880. The predicted molar refractivity (Wildman–Crippen MR) is 75.3 cm³/mol. The number of nitrogens with one attached hydrogen (secondary N) is 1. The predicted octanol–water partition coefficient (Wildman–Crippen LogP) is 2.66. The lowest BCUT2D eigenvalue weighted by molar-refractivity contribution is -0.132. The molecule has 4 heteroatoms. The van der Waals surface area contributed by atoms with Gasteiger partial charge in [-0.25, -0.2) is 0 Å². The molecule has 3 nitrogen and oxygen atoms in total. The molecule has 1 atom stereocenters. The second-order valence-electron chi connectivity index (χ2n) is 5.79. The zero-order valence-electron chi connectivity index (χ0n) is 11.2. The topological polar surface area (TPSA) is 55.1 Å². The molecule has 1 unspecified atom stereocenters. The molecule has 1 fully saturated rings. The van der Waals surface area contributed by atoms with Gasteiger partial charge in [-0.05, 0) is 29.7 Å². The van der Waals surface area contributed by atoms with Crippen molar-refractivity contribution >= 4 is 17.2 Å². The Labute approximate surface area is 113 Å². The van der Waals surface area contributed by atoms with Crippen molar-refractivity contribution in [2.24, 2.45) is 11.1 Å². The number of carbonyl (C=O) groups is 1. The van der Waals surface area contributed by atoms with Crippen molar-refractivity contribution in [3.8, 4) is 0 Å². The van der Waals surface area contributed by atoms with Crippen molar-refractivity contribution in [3.05, 3.63) is 22.4 Å². The molecule has 1 aliphatic carbocycles. The van der Waals surface area contributed by atoms with Crippen LogP contribution in [0.5, 0.6) is 0 Å². The average Bonchev–Trinajstić information content (AvgIpc) is 2.80. The van der Waals surface area contributed by atoms with Crippen molar-refractivity contribution in [3.63, 3.8) is 0 Å². The number of amides is 1. The SMILES string of the molecule is CC1(C)CCCCC1(NCc1cccs1)C(N)=O. The van der Waals surface area contributed by atoms with Crippen molar-refractivity contribution < 1.29 is 4.79 Å². The minimum Gasteiger partial charge on any atom is -0.368 e. The van der Waals surface area contributed by atoms with E-state index in [1.54, 1.807) is 11.3 Å². The highest BCUT2D eigenvalue weighted by molar-refractivity contribution is 7.09. The molecule has 1 aromatic heterocycles. The van der Waals surface area contributed by atoms with Crippen molar-refractivity contribution in [2.75, 3.05) is 0 Å². The Hall–Kier alpha value is -0.870. The van der Waals surface area contributed by atoms with E-state index in [4.69, 9.17) is 5.73 Å². The molecule has 0 aromatic carbocycles. The molecule has 18 heavy (non-hydrogen) atoms. The van der Waals surface area contributed by atoms with E-state index in [2.05, 4.69) is 30.6 Å². The van der Waals surface area contributed by atoms with Crippen LogP contribution in [0.4, 0.5) is 0 Å². The molecule has 1 aliphatic rings. The summed E-state index contributed by atoms with van der Waals surface area (Å²) in [6, 6.07) is 4.12. The molecule has 1 heterocycles. The third-order valence-corrected chi connectivity index (χ3v) is 5.20. The highest BCUT2D eigenvalue weighted by Crippen LogP contribution is 2.43. The summed E-state index contributed by atoms with van der Waals surface area (Å²) in [6.45, 7) is 5.03. The first kappa shape index (κ1) is 13.6. The summed E-state index contributed by atoms with van der Waals surface area (Å²) in [7, 11) is 0. The monoisotopic (exact) mass is 266 g/mol. The summed E-state index contributed by atoms with van der Waals surface area (Å²) in [6.07, 6.45) is 4.15. The van der Waals surface area contributed by atoms with Crippen molar-refractivity contribution in [1.29, 1.82) is 0 Å². The molecule has 1 amide bonds. The molecule has 0 spiro atoms. The summed E-state index contributed by atoms with van der Waals surface area (Å²) in [5.74, 6) is -0.205. The van der Waals surface area contributed by atoms with E-state index >= 15 is 0 Å². The van der Waals surface area contributed by atoms with Crippen LogP contribution in [0, 0.1) is 5.41 Å². The van der Waals surface area contributed by atoms with Crippen LogP contribution in [0.25, 0.3) is 0 Å². The molecule has 1 aromatic rings. The van der Waals surface area contributed by atoms with E-state index < -0.39 is 5.54 Å². The van der Waals surface area contributed by atoms with Gasteiger partial charge in [0.05, 0.1) is 0 Å². The largest absolute Gasteiger partial charge is 0.368 e. The van der Waals surface area contributed by atoms with Crippen LogP contribution in [0.15, 0.2) is 17.5 Å². The van der Waals surface area contributed by atoms with Gasteiger partial charge in [-0.3, -0.25) is 10.1 Å². The van der Waals surface area contributed by atoms with Gasteiger partial charge < -0.3 is 5.73 Å². The van der Waals surface area contributed by atoms with E-state index in [9.17, 15) is 4.79 Å².